The first-order valence-electron chi connectivity index (χ1n) is 12.6. The number of ketones is 2. The Bertz CT molecular complexity index is 691. The van der Waals surface area contributed by atoms with Crippen LogP contribution < -0.4 is 10.6 Å². The molecule has 2 N–H and O–H groups in total. The molecule has 202 valence electrons. The summed E-state index contributed by atoms with van der Waals surface area (Å²) >= 11 is 1.91. The molecule has 2 aliphatic heterocycles. The largest absolute Gasteiger partial charge is 0.453 e. The van der Waals surface area contributed by atoms with Crippen LogP contribution in [0.25, 0.3) is 0 Å². The standard InChI is InChI=1S/C13H24N2O3.C12H21NO3S/c1-9(2)12(16)11(10(3)18-4)14-13(17)15-7-5-6-8-15;1-8(2)11(14)10(13-12(15)16-3)9-4-6-17-7-5-9/h9-11H,5-8H2,1-4H3,(H,14,17);8-10H,4-7H2,1-3H3,(H,13,15)/t10-,11+;10-/m10/s1. The number of ether oxygens (including phenoxy) is 2. The smallest absolute Gasteiger partial charge is 0.407 e. The first-order chi connectivity index (χ1) is 16.5. The highest BCUT2D eigenvalue weighted by atomic mass is 32.2. The fraction of sp³-hybridized carbons (Fsp3) is 0.840. The molecule has 2 fully saturated rings. The lowest BCUT2D eigenvalue weighted by Gasteiger charge is -2.30. The summed E-state index contributed by atoms with van der Waals surface area (Å²) < 4.78 is 9.79. The Morgan fingerprint density at radius 1 is 0.857 bits per heavy atom. The van der Waals surface area contributed by atoms with Crippen LogP contribution in [0.3, 0.4) is 0 Å². The Hall–Kier alpha value is -1.81. The maximum atomic E-state index is 12.1. The number of rotatable bonds is 9. The number of nitrogens with one attached hydrogen (secondary N) is 2. The van der Waals surface area contributed by atoms with Gasteiger partial charge in [0.2, 0.25) is 0 Å². The van der Waals surface area contributed by atoms with E-state index >= 15 is 0 Å². The van der Waals surface area contributed by atoms with E-state index in [-0.39, 0.29) is 47.5 Å². The number of hydrogen-bond donors (Lipinski definition) is 2. The molecule has 2 aliphatic rings. The van der Waals surface area contributed by atoms with Crippen LogP contribution in [-0.2, 0) is 19.1 Å². The van der Waals surface area contributed by atoms with Gasteiger partial charge in [0.05, 0.1) is 19.3 Å². The Morgan fingerprint density at radius 2 is 1.40 bits per heavy atom. The van der Waals surface area contributed by atoms with E-state index in [9.17, 15) is 19.2 Å². The molecule has 0 aliphatic carbocycles. The number of carbonyl (C=O) groups excluding carboxylic acids is 4. The Kier molecular flexibility index (Phi) is 14.3. The first kappa shape index (κ1) is 31.2. The summed E-state index contributed by atoms with van der Waals surface area (Å²) in [5.41, 5.74) is 0. The highest BCUT2D eigenvalue weighted by Crippen LogP contribution is 2.27. The van der Waals surface area contributed by atoms with Gasteiger partial charge in [-0.3, -0.25) is 9.59 Å². The van der Waals surface area contributed by atoms with Gasteiger partial charge in [-0.25, -0.2) is 9.59 Å². The molecule has 3 atom stereocenters. The van der Waals surface area contributed by atoms with E-state index in [1.54, 1.807) is 18.9 Å². The fourth-order valence-corrected chi connectivity index (χ4v) is 5.22. The van der Waals surface area contributed by atoms with Crippen molar-refractivity contribution in [2.24, 2.45) is 17.8 Å². The molecular weight excluding hydrogens is 470 g/mol. The predicted octanol–water partition coefficient (Wildman–Crippen LogP) is 3.50. The average Bonchev–Trinajstić information content (AvgIpc) is 3.40. The zero-order valence-corrected chi connectivity index (χ0v) is 23.2. The molecule has 2 rings (SSSR count). The highest BCUT2D eigenvalue weighted by molar-refractivity contribution is 7.99. The second-order valence-electron chi connectivity index (χ2n) is 9.74. The van der Waals surface area contributed by atoms with E-state index in [1.165, 1.54) is 7.11 Å². The van der Waals surface area contributed by atoms with Crippen molar-refractivity contribution >= 4 is 35.5 Å². The van der Waals surface area contributed by atoms with Crippen molar-refractivity contribution in [2.45, 2.75) is 78.5 Å². The molecule has 0 spiro atoms. The quantitative estimate of drug-likeness (QED) is 0.483. The third kappa shape index (κ3) is 10.4. The summed E-state index contributed by atoms with van der Waals surface area (Å²) in [6, 6.07) is -1.11. The van der Waals surface area contributed by atoms with Gasteiger partial charge < -0.3 is 25.0 Å². The van der Waals surface area contributed by atoms with Gasteiger partial charge in [0.25, 0.3) is 0 Å². The fourth-order valence-electron chi connectivity index (χ4n) is 4.07. The lowest BCUT2D eigenvalue weighted by Crippen LogP contribution is -2.53. The van der Waals surface area contributed by atoms with Crippen molar-refractivity contribution < 1.29 is 28.7 Å². The van der Waals surface area contributed by atoms with Crippen LogP contribution in [0.4, 0.5) is 9.59 Å². The summed E-state index contributed by atoms with van der Waals surface area (Å²) in [5, 5.41) is 5.50. The van der Waals surface area contributed by atoms with E-state index < -0.39 is 12.1 Å². The number of alkyl carbamates (subject to hydrolysis) is 1. The molecule has 10 heteroatoms. The van der Waals surface area contributed by atoms with Crippen molar-refractivity contribution in [3.05, 3.63) is 0 Å². The molecule has 2 heterocycles. The van der Waals surface area contributed by atoms with Crippen molar-refractivity contribution in [1.82, 2.24) is 15.5 Å². The number of amides is 3. The molecule has 0 saturated carbocycles. The Balaban J connectivity index is 0.000000351. The molecule has 0 bridgehead atoms. The van der Waals surface area contributed by atoms with E-state index in [2.05, 4.69) is 15.4 Å². The number of urea groups is 1. The summed E-state index contributed by atoms with van der Waals surface area (Å²) in [7, 11) is 2.87. The molecule has 35 heavy (non-hydrogen) atoms. The van der Waals surface area contributed by atoms with Gasteiger partial charge in [-0.2, -0.15) is 11.8 Å². The summed E-state index contributed by atoms with van der Waals surface area (Å²) in [6.07, 6.45) is 3.22. The van der Waals surface area contributed by atoms with Crippen molar-refractivity contribution in [2.75, 3.05) is 38.8 Å². The highest BCUT2D eigenvalue weighted by Gasteiger charge is 2.33. The molecule has 0 aromatic heterocycles. The lowest BCUT2D eigenvalue weighted by atomic mass is 9.87. The average molecular weight is 516 g/mol. The number of carbonyl (C=O) groups is 4. The minimum Gasteiger partial charge on any atom is -0.453 e. The topological polar surface area (TPSA) is 114 Å². The maximum absolute atomic E-state index is 12.1. The number of hydrogen-bond acceptors (Lipinski definition) is 7. The Morgan fingerprint density at radius 3 is 1.86 bits per heavy atom. The first-order valence-corrected chi connectivity index (χ1v) is 13.8. The zero-order valence-electron chi connectivity index (χ0n) is 22.4. The van der Waals surface area contributed by atoms with Crippen molar-refractivity contribution in [3.8, 4) is 0 Å². The number of methoxy groups -OCH3 is 2. The number of Topliss-reactive ketones (excluding diaryl/α,β-unsaturated/α-hetero) is 2. The van der Waals surface area contributed by atoms with Crippen LogP contribution in [0.1, 0.15) is 60.3 Å². The molecule has 0 unspecified atom stereocenters. The van der Waals surface area contributed by atoms with Crippen molar-refractivity contribution in [1.29, 1.82) is 0 Å². The molecule has 0 aromatic carbocycles. The monoisotopic (exact) mass is 515 g/mol. The van der Waals surface area contributed by atoms with Gasteiger partial charge in [0.1, 0.15) is 6.04 Å². The zero-order chi connectivity index (χ0) is 26.5. The minimum atomic E-state index is -0.567. The van der Waals surface area contributed by atoms with Crippen molar-refractivity contribution in [3.63, 3.8) is 0 Å². The summed E-state index contributed by atoms with van der Waals surface area (Å²) in [6.45, 7) is 10.7. The normalized spacial score (nSPS) is 18.8. The molecule has 9 nitrogen and oxygen atoms in total. The van der Waals surface area contributed by atoms with Gasteiger partial charge in [0.15, 0.2) is 11.6 Å². The number of nitrogens with zero attached hydrogens (tertiary/aromatic N) is 1. The molecular formula is C25H45N3O6S. The van der Waals surface area contributed by atoms with Crippen LogP contribution in [0.15, 0.2) is 0 Å². The molecule has 3 amide bonds. The van der Waals surface area contributed by atoms with Crippen LogP contribution in [-0.4, -0.2) is 85.6 Å². The van der Waals surface area contributed by atoms with Gasteiger partial charge in [0, 0.05) is 32.0 Å². The third-order valence-electron chi connectivity index (χ3n) is 6.46. The van der Waals surface area contributed by atoms with E-state index in [4.69, 9.17) is 4.74 Å². The van der Waals surface area contributed by atoms with Gasteiger partial charge >= 0.3 is 12.1 Å². The second-order valence-corrected chi connectivity index (χ2v) is 11.0. The minimum absolute atomic E-state index is 0.0110. The molecule has 2 saturated heterocycles. The SMILES string of the molecule is COC(=O)N[C@H](C(=O)C(C)C)C1CCSCC1.CO[C@H](C)[C@H](NC(=O)N1CCCC1)C(=O)C(C)C. The van der Waals surface area contributed by atoms with Gasteiger partial charge in [-0.1, -0.05) is 27.7 Å². The maximum Gasteiger partial charge on any atom is 0.407 e. The lowest BCUT2D eigenvalue weighted by molar-refractivity contribution is -0.127. The van der Waals surface area contributed by atoms with E-state index in [0.29, 0.717) is 0 Å². The van der Waals surface area contributed by atoms with E-state index in [0.717, 1.165) is 50.3 Å². The third-order valence-corrected chi connectivity index (χ3v) is 7.51. The molecule has 0 radical (unpaired) electrons. The number of likely N-dealkylation sites (tertiary alicyclic amines) is 1. The van der Waals surface area contributed by atoms with Crippen LogP contribution in [0.5, 0.6) is 0 Å². The number of thioether (sulfide) groups is 1. The Labute approximate surface area is 214 Å². The van der Waals surface area contributed by atoms with Crippen LogP contribution in [0, 0.1) is 17.8 Å². The van der Waals surface area contributed by atoms with Gasteiger partial charge in [-0.05, 0) is 50.0 Å². The summed E-state index contributed by atoms with van der Waals surface area (Å²) in [4.78, 5) is 49.3. The van der Waals surface area contributed by atoms with Crippen LogP contribution in [0.2, 0.25) is 0 Å². The van der Waals surface area contributed by atoms with E-state index in [1.807, 2.05) is 39.5 Å². The molecule has 0 aromatic rings. The predicted molar refractivity (Wildman–Crippen MR) is 139 cm³/mol. The van der Waals surface area contributed by atoms with Crippen LogP contribution >= 0.6 is 11.8 Å². The van der Waals surface area contributed by atoms with Gasteiger partial charge in [-0.15, -0.1) is 0 Å². The second kappa shape index (κ2) is 16.0. The summed E-state index contributed by atoms with van der Waals surface area (Å²) in [5.74, 6) is 2.32.